The van der Waals surface area contributed by atoms with Gasteiger partial charge in [0.1, 0.15) is 0 Å². The predicted octanol–water partition coefficient (Wildman–Crippen LogP) is 1.37. The number of benzene rings is 1. The number of hydrogen-bond acceptors (Lipinski definition) is 3. The zero-order chi connectivity index (χ0) is 14.6. The van der Waals surface area contributed by atoms with E-state index in [1.54, 1.807) is 31.3 Å². The van der Waals surface area contributed by atoms with Crippen LogP contribution in [0.2, 0.25) is 0 Å². The number of hydrogen-bond donors (Lipinski definition) is 3. The molecule has 1 saturated heterocycles. The average molecular weight is 275 g/mol. The van der Waals surface area contributed by atoms with Crippen molar-refractivity contribution in [3.05, 3.63) is 29.8 Å². The van der Waals surface area contributed by atoms with E-state index in [0.29, 0.717) is 5.56 Å². The van der Waals surface area contributed by atoms with Crippen LogP contribution in [-0.2, 0) is 4.79 Å². The molecule has 3 N–H and O–H groups in total. The van der Waals surface area contributed by atoms with Gasteiger partial charge in [0.2, 0.25) is 5.91 Å². The fourth-order valence-corrected chi connectivity index (χ4v) is 2.34. The third-order valence-electron chi connectivity index (χ3n) is 3.89. The molecule has 1 aromatic rings. The molecule has 0 unspecified atom stereocenters. The Balaban J connectivity index is 2.02. The third kappa shape index (κ3) is 3.17. The van der Waals surface area contributed by atoms with E-state index in [9.17, 15) is 9.59 Å². The summed E-state index contributed by atoms with van der Waals surface area (Å²) >= 11 is 0. The summed E-state index contributed by atoms with van der Waals surface area (Å²) in [4.78, 5) is 23.8. The summed E-state index contributed by atoms with van der Waals surface area (Å²) in [5, 5.41) is 8.76. The van der Waals surface area contributed by atoms with E-state index in [4.69, 9.17) is 0 Å². The lowest BCUT2D eigenvalue weighted by Gasteiger charge is -2.32. The van der Waals surface area contributed by atoms with Gasteiger partial charge in [0.05, 0.1) is 0 Å². The van der Waals surface area contributed by atoms with Gasteiger partial charge in [-0.1, -0.05) is 6.92 Å². The largest absolute Gasteiger partial charge is 0.355 e. The highest BCUT2D eigenvalue weighted by atomic mass is 16.2. The second kappa shape index (κ2) is 6.05. The van der Waals surface area contributed by atoms with Gasteiger partial charge in [0.25, 0.3) is 5.91 Å². The molecule has 5 heteroatoms. The molecule has 5 nitrogen and oxygen atoms in total. The molecule has 108 valence electrons. The lowest BCUT2D eigenvalue weighted by molar-refractivity contribution is -0.126. The van der Waals surface area contributed by atoms with Crippen molar-refractivity contribution < 1.29 is 9.59 Å². The molecule has 0 radical (unpaired) electrons. The molecule has 0 saturated carbocycles. The van der Waals surface area contributed by atoms with Gasteiger partial charge >= 0.3 is 0 Å². The van der Waals surface area contributed by atoms with Crippen LogP contribution in [0.3, 0.4) is 0 Å². The molecule has 0 atom stereocenters. The molecule has 1 aromatic carbocycles. The topological polar surface area (TPSA) is 70.2 Å². The minimum absolute atomic E-state index is 0.0479. The normalized spacial score (nSPS) is 17.3. The van der Waals surface area contributed by atoms with E-state index < -0.39 is 0 Å². The summed E-state index contributed by atoms with van der Waals surface area (Å²) in [5.74, 6) is -0.0834. The minimum atomic E-state index is -0.315. The van der Waals surface area contributed by atoms with Crippen LogP contribution in [0.25, 0.3) is 0 Å². The number of carbonyl (C=O) groups is 2. The molecule has 20 heavy (non-hydrogen) atoms. The molecule has 1 aliphatic rings. The first kappa shape index (κ1) is 14.5. The monoisotopic (exact) mass is 275 g/mol. The van der Waals surface area contributed by atoms with Crippen LogP contribution < -0.4 is 16.0 Å². The Morgan fingerprint density at radius 3 is 2.30 bits per heavy atom. The van der Waals surface area contributed by atoms with Crippen molar-refractivity contribution in [2.45, 2.75) is 19.8 Å². The van der Waals surface area contributed by atoms with Crippen LogP contribution >= 0.6 is 0 Å². The van der Waals surface area contributed by atoms with Crippen LogP contribution in [0.15, 0.2) is 24.3 Å². The molecule has 0 aliphatic carbocycles. The second-order valence-electron chi connectivity index (χ2n) is 5.42. The van der Waals surface area contributed by atoms with Crippen molar-refractivity contribution >= 4 is 17.5 Å². The van der Waals surface area contributed by atoms with Crippen LogP contribution in [0.4, 0.5) is 5.69 Å². The third-order valence-corrected chi connectivity index (χ3v) is 3.89. The van der Waals surface area contributed by atoms with E-state index in [0.717, 1.165) is 31.6 Å². The minimum Gasteiger partial charge on any atom is -0.355 e. The van der Waals surface area contributed by atoms with E-state index >= 15 is 0 Å². The highest BCUT2D eigenvalue weighted by Gasteiger charge is 2.34. The van der Waals surface area contributed by atoms with Crippen LogP contribution in [0.1, 0.15) is 30.1 Å². The number of nitrogens with one attached hydrogen (secondary N) is 3. The quantitative estimate of drug-likeness (QED) is 0.780. The fourth-order valence-electron chi connectivity index (χ4n) is 2.34. The molecule has 0 bridgehead atoms. The maximum atomic E-state index is 12.3. The van der Waals surface area contributed by atoms with Crippen molar-refractivity contribution in [2.24, 2.45) is 5.41 Å². The predicted molar refractivity (Wildman–Crippen MR) is 78.7 cm³/mol. The van der Waals surface area contributed by atoms with Gasteiger partial charge in [0.15, 0.2) is 0 Å². The van der Waals surface area contributed by atoms with Gasteiger partial charge in [-0.2, -0.15) is 0 Å². The smallest absolute Gasteiger partial charge is 0.251 e. The maximum Gasteiger partial charge on any atom is 0.251 e. The summed E-state index contributed by atoms with van der Waals surface area (Å²) in [6, 6.07) is 6.93. The van der Waals surface area contributed by atoms with Crippen LogP contribution in [0, 0.1) is 5.41 Å². The van der Waals surface area contributed by atoms with Crippen molar-refractivity contribution in [2.75, 3.05) is 25.5 Å². The molecule has 2 amide bonds. The Morgan fingerprint density at radius 2 is 1.75 bits per heavy atom. The Hall–Kier alpha value is -1.88. The van der Waals surface area contributed by atoms with Crippen LogP contribution in [-0.4, -0.2) is 32.0 Å². The Morgan fingerprint density at radius 1 is 1.15 bits per heavy atom. The first-order valence-electron chi connectivity index (χ1n) is 6.89. The van der Waals surface area contributed by atoms with Gasteiger partial charge in [-0.15, -0.1) is 0 Å². The Labute approximate surface area is 119 Å². The molecule has 1 heterocycles. The van der Waals surface area contributed by atoms with Crippen molar-refractivity contribution in [1.29, 1.82) is 0 Å². The number of amides is 2. The van der Waals surface area contributed by atoms with Crippen molar-refractivity contribution in [1.82, 2.24) is 10.6 Å². The fraction of sp³-hybridized carbons (Fsp3) is 0.467. The van der Waals surface area contributed by atoms with Gasteiger partial charge < -0.3 is 16.0 Å². The van der Waals surface area contributed by atoms with Crippen LogP contribution in [0.5, 0.6) is 0 Å². The standard InChI is InChI=1S/C15H21N3O2/c1-15(7-9-17-10-8-15)14(20)18-12-5-3-11(4-6-12)13(19)16-2/h3-6,17H,7-10H2,1-2H3,(H,16,19)(H,18,20). The molecule has 1 aliphatic heterocycles. The highest BCUT2D eigenvalue weighted by Crippen LogP contribution is 2.29. The van der Waals surface area contributed by atoms with Crippen molar-refractivity contribution in [3.63, 3.8) is 0 Å². The second-order valence-corrected chi connectivity index (χ2v) is 5.42. The highest BCUT2D eigenvalue weighted by molar-refractivity contribution is 5.97. The van der Waals surface area contributed by atoms with E-state index in [2.05, 4.69) is 16.0 Å². The lowest BCUT2D eigenvalue weighted by Crippen LogP contribution is -2.42. The number of carbonyl (C=O) groups excluding carboxylic acids is 2. The Bertz CT molecular complexity index is 490. The summed E-state index contributed by atoms with van der Waals surface area (Å²) in [6.07, 6.45) is 1.68. The average Bonchev–Trinajstić information content (AvgIpc) is 2.48. The SMILES string of the molecule is CNC(=O)c1ccc(NC(=O)C2(C)CCNCC2)cc1. The van der Waals surface area contributed by atoms with E-state index in [1.807, 2.05) is 6.92 Å². The first-order valence-corrected chi connectivity index (χ1v) is 6.89. The van der Waals surface area contributed by atoms with Gasteiger partial charge in [-0.3, -0.25) is 9.59 Å². The maximum absolute atomic E-state index is 12.3. The molecule has 0 spiro atoms. The molecule has 1 fully saturated rings. The molecular weight excluding hydrogens is 254 g/mol. The van der Waals surface area contributed by atoms with Gasteiger partial charge in [-0.05, 0) is 50.2 Å². The van der Waals surface area contributed by atoms with Gasteiger partial charge in [-0.25, -0.2) is 0 Å². The number of piperidine rings is 1. The molecule has 2 rings (SSSR count). The van der Waals surface area contributed by atoms with E-state index in [-0.39, 0.29) is 17.2 Å². The number of rotatable bonds is 3. The lowest BCUT2D eigenvalue weighted by atomic mass is 9.80. The summed E-state index contributed by atoms with van der Waals surface area (Å²) < 4.78 is 0. The first-order chi connectivity index (χ1) is 9.55. The van der Waals surface area contributed by atoms with E-state index in [1.165, 1.54) is 0 Å². The Kier molecular flexibility index (Phi) is 4.39. The van der Waals surface area contributed by atoms with Gasteiger partial charge in [0, 0.05) is 23.7 Å². The summed E-state index contributed by atoms with van der Waals surface area (Å²) in [5.41, 5.74) is 0.992. The molecular formula is C15H21N3O2. The van der Waals surface area contributed by atoms with Crippen molar-refractivity contribution in [3.8, 4) is 0 Å². The molecule has 0 aromatic heterocycles. The number of anilines is 1. The zero-order valence-electron chi connectivity index (χ0n) is 12.0. The summed E-state index contributed by atoms with van der Waals surface area (Å²) in [7, 11) is 1.59. The zero-order valence-corrected chi connectivity index (χ0v) is 12.0. The summed E-state index contributed by atoms with van der Waals surface area (Å²) in [6.45, 7) is 3.75.